The second-order valence-corrected chi connectivity index (χ2v) is 10.4. The van der Waals surface area contributed by atoms with E-state index in [4.69, 9.17) is 4.98 Å². The Bertz CT molecular complexity index is 1390. The Morgan fingerprint density at radius 3 is 2.55 bits per heavy atom. The average molecular weight is 476 g/mol. The normalized spacial score (nSPS) is 13.2. The van der Waals surface area contributed by atoms with Crippen LogP contribution >= 0.6 is 23.1 Å². The number of hydrogen-bond acceptors (Lipinski definition) is 5. The Hall–Kier alpha value is -2.90. The maximum absolute atomic E-state index is 13.7. The van der Waals surface area contributed by atoms with Gasteiger partial charge in [-0.2, -0.15) is 0 Å². The fourth-order valence-electron chi connectivity index (χ4n) is 4.41. The molecule has 0 bridgehead atoms. The Morgan fingerprint density at radius 2 is 1.79 bits per heavy atom. The van der Waals surface area contributed by atoms with Gasteiger partial charge in [0.2, 0.25) is 5.91 Å². The van der Waals surface area contributed by atoms with Crippen LogP contribution in [0.2, 0.25) is 0 Å². The topological polar surface area (TPSA) is 64.0 Å². The summed E-state index contributed by atoms with van der Waals surface area (Å²) >= 11 is 2.94. The van der Waals surface area contributed by atoms with E-state index in [1.165, 1.54) is 22.2 Å². The maximum Gasteiger partial charge on any atom is 0.267 e. The fourth-order valence-corrected chi connectivity index (χ4v) is 6.52. The molecule has 1 aliphatic carbocycles. The maximum atomic E-state index is 13.7. The van der Waals surface area contributed by atoms with Crippen LogP contribution in [-0.4, -0.2) is 21.2 Å². The molecule has 0 atom stereocenters. The first-order valence-corrected chi connectivity index (χ1v) is 12.9. The van der Waals surface area contributed by atoms with E-state index in [1.807, 2.05) is 62.4 Å². The van der Waals surface area contributed by atoms with E-state index in [-0.39, 0.29) is 17.2 Å². The van der Waals surface area contributed by atoms with Gasteiger partial charge in [-0.1, -0.05) is 48.2 Å². The number of carbonyl (C=O) groups excluding carboxylic acids is 1. The van der Waals surface area contributed by atoms with Gasteiger partial charge in [-0.25, -0.2) is 4.98 Å². The van der Waals surface area contributed by atoms with Crippen molar-refractivity contribution in [2.45, 2.75) is 44.7 Å². The molecule has 0 radical (unpaired) electrons. The summed E-state index contributed by atoms with van der Waals surface area (Å²) in [5, 5.41) is 4.33. The van der Waals surface area contributed by atoms with Gasteiger partial charge in [0.15, 0.2) is 5.16 Å². The van der Waals surface area contributed by atoms with Crippen molar-refractivity contribution < 1.29 is 4.79 Å². The van der Waals surface area contributed by atoms with E-state index in [2.05, 4.69) is 5.32 Å². The third-order valence-electron chi connectivity index (χ3n) is 6.05. The van der Waals surface area contributed by atoms with Gasteiger partial charge in [0.25, 0.3) is 5.56 Å². The number of aryl methyl sites for hydroxylation is 4. The lowest BCUT2D eigenvalue weighted by Gasteiger charge is -2.14. The molecular weight excluding hydrogens is 450 g/mol. The summed E-state index contributed by atoms with van der Waals surface area (Å²) < 4.78 is 1.67. The molecule has 33 heavy (non-hydrogen) atoms. The number of benzene rings is 2. The van der Waals surface area contributed by atoms with Crippen molar-refractivity contribution >= 4 is 44.9 Å². The molecule has 1 aliphatic rings. The number of anilines is 1. The number of hydrogen-bond donors (Lipinski definition) is 1. The number of aromatic nitrogens is 2. The molecule has 0 saturated heterocycles. The van der Waals surface area contributed by atoms with Gasteiger partial charge in [-0.3, -0.25) is 14.2 Å². The second-order valence-electron chi connectivity index (χ2n) is 8.37. The minimum atomic E-state index is -0.114. The zero-order valence-corrected chi connectivity index (χ0v) is 20.3. The molecule has 5 nitrogen and oxygen atoms in total. The lowest BCUT2D eigenvalue weighted by molar-refractivity contribution is -0.113. The van der Waals surface area contributed by atoms with Crippen LogP contribution in [0.3, 0.4) is 0 Å². The highest BCUT2D eigenvalue weighted by molar-refractivity contribution is 7.99. The van der Waals surface area contributed by atoms with E-state index in [9.17, 15) is 9.59 Å². The number of rotatable bonds is 5. The molecule has 1 N–H and O–H groups in total. The van der Waals surface area contributed by atoms with Gasteiger partial charge < -0.3 is 5.32 Å². The van der Waals surface area contributed by atoms with E-state index in [0.717, 1.165) is 58.4 Å². The van der Waals surface area contributed by atoms with Crippen LogP contribution in [0.1, 0.15) is 34.4 Å². The first kappa shape index (κ1) is 21.9. The Labute approximate surface area is 200 Å². The second kappa shape index (κ2) is 9.15. The molecule has 4 aromatic rings. The number of thiophene rings is 1. The number of fused-ring (bicyclic) bond motifs is 3. The van der Waals surface area contributed by atoms with Gasteiger partial charge in [-0.15, -0.1) is 11.3 Å². The van der Waals surface area contributed by atoms with Gasteiger partial charge >= 0.3 is 0 Å². The van der Waals surface area contributed by atoms with Gasteiger partial charge in [-0.05, 0) is 68.4 Å². The SMILES string of the molecule is Cc1cccc(C)c1NC(=O)CSc1nc2sc3c(c2c(=O)n1-c1ccccc1)CCCC3. The standard InChI is InChI=1S/C26H25N3O2S2/c1-16-9-8-10-17(2)23(16)27-21(30)15-32-26-28-24-22(19-13-6-7-14-20(19)33-24)25(31)29(26)18-11-4-3-5-12-18/h3-5,8-12H,6-7,13-15H2,1-2H3,(H,27,30). The third kappa shape index (κ3) is 4.23. The number of thioether (sulfide) groups is 1. The van der Waals surface area contributed by atoms with Gasteiger partial charge in [0, 0.05) is 10.6 Å². The van der Waals surface area contributed by atoms with Crippen LogP contribution in [0.25, 0.3) is 15.9 Å². The van der Waals surface area contributed by atoms with Crippen molar-refractivity contribution in [3.05, 3.63) is 80.5 Å². The van der Waals surface area contributed by atoms with E-state index >= 15 is 0 Å². The Morgan fingerprint density at radius 1 is 1.06 bits per heavy atom. The van der Waals surface area contributed by atoms with Crippen molar-refractivity contribution in [3.63, 3.8) is 0 Å². The van der Waals surface area contributed by atoms with Crippen molar-refractivity contribution in [2.24, 2.45) is 0 Å². The van der Waals surface area contributed by atoms with Crippen LogP contribution in [0, 0.1) is 13.8 Å². The highest BCUT2D eigenvalue weighted by atomic mass is 32.2. The number of nitrogens with zero attached hydrogens (tertiary/aromatic N) is 2. The predicted octanol–water partition coefficient (Wildman–Crippen LogP) is 5.67. The molecule has 2 aromatic carbocycles. The molecular formula is C26H25N3O2S2. The van der Waals surface area contributed by atoms with Crippen LogP contribution in [0.15, 0.2) is 58.5 Å². The van der Waals surface area contributed by atoms with Crippen LogP contribution in [0.5, 0.6) is 0 Å². The number of nitrogens with one attached hydrogen (secondary N) is 1. The molecule has 168 valence electrons. The number of para-hydroxylation sites is 2. The summed E-state index contributed by atoms with van der Waals surface area (Å²) in [4.78, 5) is 33.5. The molecule has 0 fully saturated rings. The monoisotopic (exact) mass is 475 g/mol. The summed E-state index contributed by atoms with van der Waals surface area (Å²) in [7, 11) is 0. The average Bonchev–Trinajstić information content (AvgIpc) is 3.19. The zero-order valence-electron chi connectivity index (χ0n) is 18.7. The van der Waals surface area contributed by atoms with Crippen LogP contribution in [-0.2, 0) is 17.6 Å². The largest absolute Gasteiger partial charge is 0.325 e. The van der Waals surface area contributed by atoms with Crippen LogP contribution in [0.4, 0.5) is 5.69 Å². The number of carbonyl (C=O) groups is 1. The summed E-state index contributed by atoms with van der Waals surface area (Å²) in [6, 6.07) is 15.5. The molecule has 5 rings (SSSR count). The molecule has 0 saturated carbocycles. The summed E-state index contributed by atoms with van der Waals surface area (Å²) in [5.41, 5.74) is 4.80. The smallest absolute Gasteiger partial charge is 0.267 e. The number of amides is 1. The van der Waals surface area contributed by atoms with Crippen LogP contribution < -0.4 is 10.9 Å². The molecule has 0 spiro atoms. The lowest BCUT2D eigenvalue weighted by atomic mass is 9.97. The van der Waals surface area contributed by atoms with E-state index in [1.54, 1.807) is 15.9 Å². The molecule has 1 amide bonds. The van der Waals surface area contributed by atoms with Crippen molar-refractivity contribution in [1.29, 1.82) is 0 Å². The minimum Gasteiger partial charge on any atom is -0.325 e. The fraction of sp³-hybridized carbons (Fsp3) is 0.269. The molecule has 7 heteroatoms. The first-order chi connectivity index (χ1) is 16.0. The molecule has 0 unspecified atom stereocenters. The summed E-state index contributed by atoms with van der Waals surface area (Å²) in [6.45, 7) is 3.97. The molecule has 2 heterocycles. The highest BCUT2D eigenvalue weighted by Crippen LogP contribution is 2.35. The van der Waals surface area contributed by atoms with Crippen molar-refractivity contribution in [2.75, 3.05) is 11.1 Å². The Kier molecular flexibility index (Phi) is 6.08. The van der Waals surface area contributed by atoms with E-state index in [0.29, 0.717) is 5.16 Å². The highest BCUT2D eigenvalue weighted by Gasteiger charge is 2.23. The molecule has 0 aliphatic heterocycles. The predicted molar refractivity (Wildman–Crippen MR) is 137 cm³/mol. The zero-order chi connectivity index (χ0) is 22.9. The molecule has 2 aromatic heterocycles. The lowest BCUT2D eigenvalue weighted by Crippen LogP contribution is -2.23. The van der Waals surface area contributed by atoms with E-state index < -0.39 is 0 Å². The summed E-state index contributed by atoms with van der Waals surface area (Å²) in [5.74, 6) is 0.0562. The van der Waals surface area contributed by atoms with Gasteiger partial charge in [0.05, 0.1) is 16.8 Å². The minimum absolute atomic E-state index is 0.0387. The van der Waals surface area contributed by atoms with Gasteiger partial charge in [0.1, 0.15) is 4.83 Å². The quantitative estimate of drug-likeness (QED) is 0.298. The van der Waals surface area contributed by atoms with Crippen molar-refractivity contribution in [3.8, 4) is 5.69 Å². The Balaban J connectivity index is 1.52. The first-order valence-electron chi connectivity index (χ1n) is 11.1. The summed E-state index contributed by atoms with van der Waals surface area (Å²) in [6.07, 6.45) is 4.22. The van der Waals surface area contributed by atoms with Crippen molar-refractivity contribution in [1.82, 2.24) is 9.55 Å². The third-order valence-corrected chi connectivity index (χ3v) is 8.17.